The van der Waals surface area contributed by atoms with Crippen molar-refractivity contribution in [3.8, 4) is 5.75 Å². The molecule has 1 aromatic heterocycles. The van der Waals surface area contributed by atoms with E-state index in [0.717, 1.165) is 4.31 Å². The van der Waals surface area contributed by atoms with Crippen LogP contribution in [0.25, 0.3) is 0 Å². The number of hydrogen-bond donors (Lipinski definition) is 3. The van der Waals surface area contributed by atoms with E-state index in [2.05, 4.69) is 23.1 Å². The van der Waals surface area contributed by atoms with Crippen molar-refractivity contribution in [1.82, 2.24) is 10.3 Å². The number of carbonyl (C=O) groups excluding carboxylic acids is 1. The molecule has 3 N–H and O–H groups in total. The number of nitrogens with zero attached hydrogens (tertiary/aromatic N) is 2. The Balaban J connectivity index is 3.03. The van der Waals surface area contributed by atoms with Gasteiger partial charge in [-0.3, -0.25) is 0 Å². The van der Waals surface area contributed by atoms with Gasteiger partial charge in [0.1, 0.15) is 11.6 Å². The van der Waals surface area contributed by atoms with Gasteiger partial charge in [-0.25, -0.2) is 14.1 Å². The second-order valence-electron chi connectivity index (χ2n) is 2.66. The maximum atomic E-state index is 11.2. The smallest absolute Gasteiger partial charge is 0.332 e. The van der Waals surface area contributed by atoms with Crippen molar-refractivity contribution in [3.05, 3.63) is 12.1 Å². The van der Waals surface area contributed by atoms with Crippen LogP contribution in [0.4, 0.5) is 16.4 Å². The van der Waals surface area contributed by atoms with E-state index in [1.54, 1.807) is 12.1 Å². The van der Waals surface area contributed by atoms with Gasteiger partial charge in [0.2, 0.25) is 0 Å². The highest BCUT2D eigenvalue weighted by molar-refractivity contribution is 7.82. The number of thiol groups is 1. The molecule has 0 aromatic carbocycles. The highest BCUT2D eigenvalue weighted by Crippen LogP contribution is 2.22. The van der Waals surface area contributed by atoms with Gasteiger partial charge in [-0.1, -0.05) is 12.8 Å². The topological polar surface area (TPSA) is 80.5 Å². The number of nitrogen functional groups attached to an aromatic ring is 1. The number of aromatic nitrogens is 1. The number of ether oxygens (including phenoxy) is 1. The molecule has 15 heavy (non-hydrogen) atoms. The molecule has 0 bridgehead atoms. The van der Waals surface area contributed by atoms with Crippen LogP contribution in [0.1, 0.15) is 0 Å². The second kappa shape index (κ2) is 4.74. The van der Waals surface area contributed by atoms with Gasteiger partial charge in [0.25, 0.3) is 0 Å². The highest BCUT2D eigenvalue weighted by Gasteiger charge is 2.13. The molecule has 0 saturated heterocycles. The summed E-state index contributed by atoms with van der Waals surface area (Å²) in [4.78, 5) is 15.2. The zero-order valence-electron chi connectivity index (χ0n) is 8.39. The minimum absolute atomic E-state index is 0.257. The molecule has 1 aromatic rings. The number of methoxy groups -OCH3 is 1. The number of pyridine rings is 1. The maximum absolute atomic E-state index is 11.2. The summed E-state index contributed by atoms with van der Waals surface area (Å²) >= 11 is 3.98. The lowest BCUT2D eigenvalue weighted by Crippen LogP contribution is -2.31. The molecule has 82 valence electrons. The molecule has 0 fully saturated rings. The van der Waals surface area contributed by atoms with Crippen LogP contribution in [-0.4, -0.2) is 25.2 Å². The van der Waals surface area contributed by atoms with Crippen LogP contribution in [0.15, 0.2) is 12.1 Å². The zero-order chi connectivity index (χ0) is 11.4. The predicted octanol–water partition coefficient (Wildman–Crippen LogP) is 0.663. The zero-order valence-corrected chi connectivity index (χ0v) is 9.28. The first-order valence-corrected chi connectivity index (χ1v) is 4.50. The molecule has 0 atom stereocenters. The number of nitrogens with one attached hydrogen (secondary N) is 1. The first-order valence-electron chi connectivity index (χ1n) is 4.10. The van der Waals surface area contributed by atoms with Gasteiger partial charge in [-0.05, 0) is 0 Å². The average Bonchev–Trinajstić information content (AvgIpc) is 2.26. The molecule has 6 nitrogen and oxygen atoms in total. The number of rotatable bonds is 2. The van der Waals surface area contributed by atoms with Gasteiger partial charge < -0.3 is 15.8 Å². The molecular formula is C8H12N4O2S. The summed E-state index contributed by atoms with van der Waals surface area (Å²) in [7, 11) is 3.00. The third-order valence-electron chi connectivity index (χ3n) is 1.66. The Bertz CT molecular complexity index is 372. The predicted molar refractivity (Wildman–Crippen MR) is 61.1 cm³/mol. The van der Waals surface area contributed by atoms with Crippen LogP contribution in [0.5, 0.6) is 5.75 Å². The van der Waals surface area contributed by atoms with Gasteiger partial charge in [-0.15, -0.1) is 0 Å². The fourth-order valence-corrected chi connectivity index (χ4v) is 1.15. The molecule has 0 unspecified atom stereocenters. The van der Waals surface area contributed by atoms with Crippen LogP contribution < -0.4 is 20.1 Å². The van der Waals surface area contributed by atoms with E-state index in [0.29, 0.717) is 11.6 Å². The third kappa shape index (κ3) is 2.66. The molecule has 0 spiro atoms. The van der Waals surface area contributed by atoms with E-state index in [1.807, 2.05) is 0 Å². The van der Waals surface area contributed by atoms with E-state index < -0.39 is 6.03 Å². The number of anilines is 2. The molecule has 1 heterocycles. The first-order chi connectivity index (χ1) is 7.08. The van der Waals surface area contributed by atoms with Crippen molar-refractivity contribution in [1.29, 1.82) is 0 Å². The van der Waals surface area contributed by atoms with Crippen molar-refractivity contribution >= 4 is 30.5 Å². The summed E-state index contributed by atoms with van der Waals surface area (Å²) in [6.07, 6.45) is 0. The fourth-order valence-electron chi connectivity index (χ4n) is 0.948. The minimum atomic E-state index is -0.404. The molecule has 1 rings (SSSR count). The van der Waals surface area contributed by atoms with Crippen LogP contribution in [0, 0.1) is 0 Å². The van der Waals surface area contributed by atoms with Gasteiger partial charge in [-0.2, -0.15) is 0 Å². The summed E-state index contributed by atoms with van der Waals surface area (Å²) in [5, 5.41) is 2.41. The summed E-state index contributed by atoms with van der Waals surface area (Å²) in [5.74, 6) is 1.07. The lowest BCUT2D eigenvalue weighted by molar-refractivity contribution is 0.251. The van der Waals surface area contributed by atoms with E-state index in [1.165, 1.54) is 14.2 Å². The minimum Gasteiger partial charge on any atom is -0.496 e. The van der Waals surface area contributed by atoms with Gasteiger partial charge in [0.05, 0.1) is 7.11 Å². The quantitative estimate of drug-likeness (QED) is 0.650. The molecule has 0 aliphatic rings. The third-order valence-corrected chi connectivity index (χ3v) is 2.05. The number of hydrogen-bond acceptors (Lipinski definition) is 5. The largest absolute Gasteiger partial charge is 0.496 e. The lowest BCUT2D eigenvalue weighted by atomic mass is 10.4. The fraction of sp³-hybridized carbons (Fsp3) is 0.250. The molecule has 2 amide bonds. The van der Waals surface area contributed by atoms with Crippen molar-refractivity contribution in [2.75, 3.05) is 24.2 Å². The SMILES string of the molecule is CNC(=O)N(S)c1cc(OC)cc(N)n1. The lowest BCUT2D eigenvalue weighted by Gasteiger charge is -2.14. The Kier molecular flexibility index (Phi) is 3.62. The Labute approximate surface area is 93.0 Å². The van der Waals surface area contributed by atoms with Crippen LogP contribution in [0.3, 0.4) is 0 Å². The standard InChI is InChI=1S/C8H12N4O2S/c1-10-8(13)12(15)7-4-5(14-2)3-6(9)11-7/h3-4,15H,1-2H3,(H2,9,11)(H,10,13). The monoisotopic (exact) mass is 228 g/mol. The van der Waals surface area contributed by atoms with Crippen molar-refractivity contribution in [2.45, 2.75) is 0 Å². The number of amides is 2. The van der Waals surface area contributed by atoms with E-state index in [-0.39, 0.29) is 5.82 Å². The number of carbonyl (C=O) groups is 1. The van der Waals surface area contributed by atoms with Gasteiger partial charge in [0, 0.05) is 19.2 Å². The van der Waals surface area contributed by atoms with Gasteiger partial charge in [0.15, 0.2) is 5.82 Å². The van der Waals surface area contributed by atoms with E-state index >= 15 is 0 Å². The number of urea groups is 1. The maximum Gasteiger partial charge on any atom is 0.332 e. The molecule has 0 saturated carbocycles. The second-order valence-corrected chi connectivity index (χ2v) is 3.06. The molecule has 0 aliphatic heterocycles. The molecule has 7 heteroatoms. The summed E-state index contributed by atoms with van der Waals surface area (Å²) in [5.41, 5.74) is 5.53. The van der Waals surface area contributed by atoms with Crippen molar-refractivity contribution < 1.29 is 9.53 Å². The van der Waals surface area contributed by atoms with Crippen molar-refractivity contribution in [3.63, 3.8) is 0 Å². The van der Waals surface area contributed by atoms with E-state index in [4.69, 9.17) is 10.5 Å². The highest BCUT2D eigenvalue weighted by atomic mass is 32.1. The number of nitrogens with two attached hydrogens (primary N) is 1. The molecule has 0 radical (unpaired) electrons. The Morgan fingerprint density at radius 2 is 2.33 bits per heavy atom. The molecular weight excluding hydrogens is 216 g/mol. The Morgan fingerprint density at radius 3 is 2.87 bits per heavy atom. The summed E-state index contributed by atoms with van der Waals surface area (Å²) in [6.45, 7) is 0. The van der Waals surface area contributed by atoms with E-state index in [9.17, 15) is 4.79 Å². The Morgan fingerprint density at radius 1 is 1.67 bits per heavy atom. The Hall–Kier alpha value is -1.63. The summed E-state index contributed by atoms with van der Waals surface area (Å²) < 4.78 is 6.03. The van der Waals surface area contributed by atoms with Crippen LogP contribution in [0.2, 0.25) is 0 Å². The molecule has 0 aliphatic carbocycles. The van der Waals surface area contributed by atoms with Crippen LogP contribution in [-0.2, 0) is 0 Å². The van der Waals surface area contributed by atoms with Crippen LogP contribution >= 0.6 is 12.8 Å². The van der Waals surface area contributed by atoms with Gasteiger partial charge >= 0.3 is 6.03 Å². The van der Waals surface area contributed by atoms with Crippen molar-refractivity contribution in [2.24, 2.45) is 0 Å². The first kappa shape index (κ1) is 11.4. The average molecular weight is 228 g/mol. The summed E-state index contributed by atoms with van der Waals surface area (Å²) in [6, 6.07) is 2.70. The normalized spacial score (nSPS) is 9.53.